The number of aromatic nitrogens is 4. The van der Waals surface area contributed by atoms with Crippen LogP contribution < -0.4 is 5.32 Å². The summed E-state index contributed by atoms with van der Waals surface area (Å²) in [5.74, 6) is 1.28. The number of rotatable bonds is 5. The molecule has 0 aromatic carbocycles. The first-order chi connectivity index (χ1) is 11.7. The zero-order valence-corrected chi connectivity index (χ0v) is 14.0. The highest BCUT2D eigenvalue weighted by atomic mass is 16.6. The van der Waals surface area contributed by atoms with Gasteiger partial charge in [0.1, 0.15) is 17.2 Å². The molecule has 3 heterocycles. The zero-order chi connectivity index (χ0) is 16.9. The van der Waals surface area contributed by atoms with E-state index in [-0.39, 0.29) is 12.3 Å². The first-order valence-corrected chi connectivity index (χ1v) is 8.20. The molecule has 3 rings (SSSR count). The summed E-state index contributed by atoms with van der Waals surface area (Å²) in [6, 6.07) is 0. The van der Waals surface area contributed by atoms with E-state index < -0.39 is 0 Å². The number of anilines is 1. The van der Waals surface area contributed by atoms with Crippen LogP contribution in [-0.4, -0.2) is 51.2 Å². The first-order valence-electron chi connectivity index (χ1n) is 8.20. The van der Waals surface area contributed by atoms with Crippen LogP contribution in [0.2, 0.25) is 0 Å². The maximum absolute atomic E-state index is 12.5. The van der Waals surface area contributed by atoms with Crippen LogP contribution in [0, 0.1) is 12.8 Å². The quantitative estimate of drug-likeness (QED) is 0.880. The normalized spacial score (nSPS) is 17.8. The highest BCUT2D eigenvalue weighted by Crippen LogP contribution is 2.23. The lowest BCUT2D eigenvalue weighted by Gasteiger charge is -2.32. The Morgan fingerprint density at radius 2 is 2.17 bits per heavy atom. The third-order valence-electron chi connectivity index (χ3n) is 4.43. The Morgan fingerprint density at radius 3 is 2.92 bits per heavy atom. The molecule has 2 aromatic heterocycles. The summed E-state index contributed by atoms with van der Waals surface area (Å²) >= 11 is 0. The van der Waals surface area contributed by atoms with Gasteiger partial charge in [0.05, 0.1) is 12.1 Å². The lowest BCUT2D eigenvalue weighted by Crippen LogP contribution is -2.41. The van der Waals surface area contributed by atoms with E-state index in [9.17, 15) is 4.79 Å². The minimum atomic E-state index is 0.0754. The predicted octanol–water partition coefficient (Wildman–Crippen LogP) is 1.23. The molecule has 8 heteroatoms. The van der Waals surface area contributed by atoms with E-state index in [4.69, 9.17) is 0 Å². The van der Waals surface area contributed by atoms with Gasteiger partial charge in [0, 0.05) is 32.5 Å². The Labute approximate surface area is 140 Å². The Balaban J connectivity index is 1.61. The molecule has 0 radical (unpaired) electrons. The second-order valence-electron chi connectivity index (χ2n) is 6.13. The van der Waals surface area contributed by atoms with Gasteiger partial charge in [0.25, 0.3) is 0 Å². The molecular formula is C16H22N6O2. The van der Waals surface area contributed by atoms with Crippen molar-refractivity contribution in [3.05, 3.63) is 29.5 Å². The number of carbonyl (C=O) groups is 1. The van der Waals surface area contributed by atoms with Gasteiger partial charge in [-0.1, -0.05) is 10.3 Å². The van der Waals surface area contributed by atoms with E-state index in [1.165, 1.54) is 0 Å². The summed E-state index contributed by atoms with van der Waals surface area (Å²) in [5, 5.41) is 10.6. The number of hydrogen-bond acceptors (Lipinski definition) is 7. The number of carbonyl (C=O) groups excluding carboxylic acids is 1. The SMILES string of the molecule is CNc1nccnc1CC1CCCN(C(=O)Cc2nonc2C)C1. The summed E-state index contributed by atoms with van der Waals surface area (Å²) in [6.07, 6.45) is 6.55. The Morgan fingerprint density at radius 1 is 1.33 bits per heavy atom. The molecule has 128 valence electrons. The van der Waals surface area contributed by atoms with E-state index in [0.717, 1.165) is 43.9 Å². The lowest BCUT2D eigenvalue weighted by molar-refractivity contribution is -0.132. The topological polar surface area (TPSA) is 97.0 Å². The van der Waals surface area contributed by atoms with Gasteiger partial charge in [-0.15, -0.1) is 0 Å². The Bertz CT molecular complexity index is 701. The van der Waals surface area contributed by atoms with E-state index in [0.29, 0.717) is 17.3 Å². The minimum Gasteiger partial charge on any atom is -0.372 e. The van der Waals surface area contributed by atoms with Gasteiger partial charge < -0.3 is 10.2 Å². The summed E-state index contributed by atoms with van der Waals surface area (Å²) < 4.78 is 4.67. The predicted molar refractivity (Wildman–Crippen MR) is 87.3 cm³/mol. The average Bonchev–Trinajstić information content (AvgIpc) is 3.00. The fourth-order valence-electron chi connectivity index (χ4n) is 3.12. The van der Waals surface area contributed by atoms with E-state index >= 15 is 0 Å². The maximum atomic E-state index is 12.5. The molecule has 1 aliphatic heterocycles. The van der Waals surface area contributed by atoms with E-state index in [1.54, 1.807) is 19.3 Å². The van der Waals surface area contributed by atoms with Crippen LogP contribution in [0.4, 0.5) is 5.82 Å². The summed E-state index contributed by atoms with van der Waals surface area (Å²) in [5.41, 5.74) is 2.25. The van der Waals surface area contributed by atoms with Crippen molar-refractivity contribution in [1.82, 2.24) is 25.2 Å². The Kier molecular flexibility index (Phi) is 5.02. The van der Waals surface area contributed by atoms with Crippen LogP contribution >= 0.6 is 0 Å². The molecule has 1 N–H and O–H groups in total. The Hall–Kier alpha value is -2.51. The van der Waals surface area contributed by atoms with Crippen LogP contribution in [0.5, 0.6) is 0 Å². The molecule has 0 aliphatic carbocycles. The third kappa shape index (κ3) is 3.69. The van der Waals surface area contributed by atoms with Gasteiger partial charge in [-0.2, -0.15) is 0 Å². The number of hydrogen-bond donors (Lipinski definition) is 1. The van der Waals surface area contributed by atoms with Crippen molar-refractivity contribution in [2.75, 3.05) is 25.5 Å². The number of aryl methyl sites for hydroxylation is 1. The van der Waals surface area contributed by atoms with Crippen LogP contribution in [0.25, 0.3) is 0 Å². The van der Waals surface area contributed by atoms with Crippen molar-refractivity contribution in [1.29, 1.82) is 0 Å². The van der Waals surface area contributed by atoms with E-state index in [2.05, 4.69) is 30.2 Å². The van der Waals surface area contributed by atoms with Crippen LogP contribution in [0.15, 0.2) is 17.0 Å². The molecule has 8 nitrogen and oxygen atoms in total. The number of nitrogens with zero attached hydrogens (tertiary/aromatic N) is 5. The van der Waals surface area contributed by atoms with Gasteiger partial charge in [-0.05, 0) is 32.1 Å². The minimum absolute atomic E-state index is 0.0754. The molecule has 1 amide bonds. The van der Waals surface area contributed by atoms with Gasteiger partial charge in [-0.3, -0.25) is 9.78 Å². The second kappa shape index (κ2) is 7.37. The standard InChI is InChI=1S/C16H22N6O2/c1-11-13(21-24-20-11)9-15(23)22-7-3-4-12(10-22)8-14-16(17-2)19-6-5-18-14/h5-6,12H,3-4,7-10H2,1-2H3,(H,17,19). The molecule has 1 saturated heterocycles. The van der Waals surface area contributed by atoms with Crippen molar-refractivity contribution in [3.8, 4) is 0 Å². The van der Waals surface area contributed by atoms with Gasteiger partial charge in [-0.25, -0.2) is 9.61 Å². The van der Waals surface area contributed by atoms with Crippen LogP contribution in [0.1, 0.15) is 29.9 Å². The van der Waals surface area contributed by atoms with Crippen molar-refractivity contribution < 1.29 is 9.42 Å². The molecule has 1 atom stereocenters. The highest BCUT2D eigenvalue weighted by Gasteiger charge is 2.26. The molecule has 2 aromatic rings. The summed E-state index contributed by atoms with van der Waals surface area (Å²) in [6.45, 7) is 3.33. The van der Waals surface area contributed by atoms with Gasteiger partial charge in [0.2, 0.25) is 5.91 Å². The van der Waals surface area contributed by atoms with E-state index in [1.807, 2.05) is 11.9 Å². The number of amides is 1. The summed E-state index contributed by atoms with van der Waals surface area (Å²) in [7, 11) is 1.85. The fourth-order valence-corrected chi connectivity index (χ4v) is 3.12. The second-order valence-corrected chi connectivity index (χ2v) is 6.13. The molecular weight excluding hydrogens is 308 g/mol. The van der Waals surface area contributed by atoms with Crippen molar-refractivity contribution in [2.45, 2.75) is 32.6 Å². The molecule has 0 bridgehead atoms. The van der Waals surface area contributed by atoms with Crippen LogP contribution in [0.3, 0.4) is 0 Å². The monoisotopic (exact) mass is 330 g/mol. The molecule has 1 unspecified atom stereocenters. The number of likely N-dealkylation sites (tertiary alicyclic amines) is 1. The maximum Gasteiger partial charge on any atom is 0.228 e. The smallest absolute Gasteiger partial charge is 0.228 e. The molecule has 1 fully saturated rings. The van der Waals surface area contributed by atoms with Crippen LogP contribution in [-0.2, 0) is 17.6 Å². The van der Waals surface area contributed by atoms with Gasteiger partial charge in [0.15, 0.2) is 0 Å². The molecule has 24 heavy (non-hydrogen) atoms. The highest BCUT2D eigenvalue weighted by molar-refractivity contribution is 5.78. The lowest BCUT2D eigenvalue weighted by atomic mass is 9.93. The average molecular weight is 330 g/mol. The molecule has 1 aliphatic rings. The van der Waals surface area contributed by atoms with Gasteiger partial charge >= 0.3 is 0 Å². The largest absolute Gasteiger partial charge is 0.372 e. The van der Waals surface area contributed by atoms with Crippen molar-refractivity contribution >= 4 is 11.7 Å². The third-order valence-corrected chi connectivity index (χ3v) is 4.43. The molecule has 0 saturated carbocycles. The first kappa shape index (κ1) is 16.4. The number of piperidine rings is 1. The summed E-state index contributed by atoms with van der Waals surface area (Å²) in [4.78, 5) is 23.2. The molecule has 0 spiro atoms. The van der Waals surface area contributed by atoms with Crippen molar-refractivity contribution in [3.63, 3.8) is 0 Å². The number of nitrogens with one attached hydrogen (secondary N) is 1. The fraction of sp³-hybridized carbons (Fsp3) is 0.562. The van der Waals surface area contributed by atoms with Crippen molar-refractivity contribution in [2.24, 2.45) is 5.92 Å². The zero-order valence-electron chi connectivity index (χ0n) is 14.0.